The van der Waals surface area contributed by atoms with Crippen molar-refractivity contribution in [1.29, 1.82) is 0 Å². The summed E-state index contributed by atoms with van der Waals surface area (Å²) in [4.78, 5) is 0. The van der Waals surface area contributed by atoms with Crippen molar-refractivity contribution in [2.75, 3.05) is 5.73 Å². The summed E-state index contributed by atoms with van der Waals surface area (Å²) in [6.07, 6.45) is 3.68. The Hall–Kier alpha value is -1.54. The minimum absolute atomic E-state index is 0.848. The smallest absolute Gasteiger partial charge is 0.0356 e. The van der Waals surface area contributed by atoms with Gasteiger partial charge in [0.25, 0.3) is 0 Å². The van der Waals surface area contributed by atoms with Crippen LogP contribution in [0.4, 0.5) is 5.69 Å². The second-order valence-corrected chi connectivity index (χ2v) is 5.88. The van der Waals surface area contributed by atoms with Crippen molar-refractivity contribution >= 4 is 37.2 Å². The third-order valence-electron chi connectivity index (χ3n) is 3.38. The predicted molar refractivity (Wildman–Crippen MR) is 82.4 cm³/mol. The van der Waals surface area contributed by atoms with Crippen molar-refractivity contribution in [3.63, 3.8) is 0 Å². The highest BCUT2D eigenvalue weighted by molar-refractivity contribution is 7.25. The highest BCUT2D eigenvalue weighted by Gasteiger charge is 2.06. The fourth-order valence-corrected chi connectivity index (χ4v) is 3.45. The van der Waals surface area contributed by atoms with Gasteiger partial charge in [0.2, 0.25) is 0 Å². The molecule has 0 unspecified atom stereocenters. The minimum Gasteiger partial charge on any atom is -0.399 e. The monoisotopic (exact) mass is 255 g/mol. The topological polar surface area (TPSA) is 26.0 Å². The summed E-state index contributed by atoms with van der Waals surface area (Å²) in [6.45, 7) is 2.24. The molecule has 3 aromatic rings. The molecule has 2 N–H and O–H groups in total. The lowest BCUT2D eigenvalue weighted by atomic mass is 10.0. The second kappa shape index (κ2) is 4.62. The highest BCUT2D eigenvalue weighted by Crippen LogP contribution is 2.35. The van der Waals surface area contributed by atoms with Crippen LogP contribution in [0.15, 0.2) is 36.4 Å². The van der Waals surface area contributed by atoms with Crippen LogP contribution >= 0.6 is 11.3 Å². The van der Waals surface area contributed by atoms with E-state index in [0.29, 0.717) is 0 Å². The Labute approximate surface area is 111 Å². The molecule has 1 nitrogen and oxygen atoms in total. The average Bonchev–Trinajstić information content (AvgIpc) is 2.74. The number of nitrogens with two attached hydrogens (primary N) is 1. The molecule has 0 atom stereocenters. The maximum absolute atomic E-state index is 5.90. The molecule has 92 valence electrons. The van der Waals surface area contributed by atoms with Gasteiger partial charge in [0.1, 0.15) is 0 Å². The van der Waals surface area contributed by atoms with E-state index in [1.54, 1.807) is 0 Å². The fraction of sp³-hybridized carbons (Fsp3) is 0.250. The van der Waals surface area contributed by atoms with Crippen molar-refractivity contribution in [3.05, 3.63) is 42.0 Å². The van der Waals surface area contributed by atoms with Gasteiger partial charge < -0.3 is 5.73 Å². The third kappa shape index (κ3) is 1.97. The number of benzene rings is 2. The van der Waals surface area contributed by atoms with Gasteiger partial charge in [-0.05, 0) is 48.7 Å². The van der Waals surface area contributed by atoms with Crippen molar-refractivity contribution in [3.8, 4) is 0 Å². The Morgan fingerprint density at radius 1 is 1.00 bits per heavy atom. The molecule has 0 aliphatic carbocycles. The zero-order chi connectivity index (χ0) is 12.5. The molecule has 1 aromatic heterocycles. The summed E-state index contributed by atoms with van der Waals surface area (Å²) in [5, 5.41) is 2.66. The van der Waals surface area contributed by atoms with Crippen LogP contribution in [0.3, 0.4) is 0 Å². The quantitative estimate of drug-likeness (QED) is 0.656. The van der Waals surface area contributed by atoms with Gasteiger partial charge in [-0.1, -0.05) is 19.4 Å². The number of hydrogen-bond donors (Lipinski definition) is 1. The van der Waals surface area contributed by atoms with E-state index in [9.17, 15) is 0 Å². The van der Waals surface area contributed by atoms with Gasteiger partial charge in [0, 0.05) is 25.9 Å². The summed E-state index contributed by atoms with van der Waals surface area (Å²) in [7, 11) is 0. The lowest BCUT2D eigenvalue weighted by Crippen LogP contribution is -1.84. The second-order valence-electron chi connectivity index (χ2n) is 4.79. The first-order chi connectivity index (χ1) is 8.78. The van der Waals surface area contributed by atoms with E-state index in [0.717, 1.165) is 5.69 Å². The Morgan fingerprint density at radius 3 is 2.50 bits per heavy atom. The van der Waals surface area contributed by atoms with E-state index in [-0.39, 0.29) is 0 Å². The fourth-order valence-electron chi connectivity index (χ4n) is 2.38. The van der Waals surface area contributed by atoms with E-state index in [4.69, 9.17) is 5.73 Å². The van der Waals surface area contributed by atoms with Gasteiger partial charge >= 0.3 is 0 Å². The van der Waals surface area contributed by atoms with Crippen LogP contribution in [0.25, 0.3) is 20.2 Å². The maximum Gasteiger partial charge on any atom is 0.0356 e. The Kier molecular flexibility index (Phi) is 2.96. The first-order valence-electron chi connectivity index (χ1n) is 6.48. The Balaban J connectivity index is 2.18. The minimum atomic E-state index is 0.848. The van der Waals surface area contributed by atoms with Gasteiger partial charge in [-0.2, -0.15) is 0 Å². The molecular formula is C16H17NS. The first kappa shape index (κ1) is 11.5. The molecule has 18 heavy (non-hydrogen) atoms. The number of nitrogen functional groups attached to an aromatic ring is 1. The summed E-state index contributed by atoms with van der Waals surface area (Å²) in [6, 6.07) is 13.1. The number of hydrogen-bond acceptors (Lipinski definition) is 2. The molecular weight excluding hydrogens is 238 g/mol. The molecule has 0 saturated carbocycles. The van der Waals surface area contributed by atoms with Gasteiger partial charge in [0.05, 0.1) is 0 Å². The molecule has 0 radical (unpaired) electrons. The van der Waals surface area contributed by atoms with Crippen molar-refractivity contribution in [1.82, 2.24) is 0 Å². The van der Waals surface area contributed by atoms with Gasteiger partial charge in [-0.3, -0.25) is 0 Å². The average molecular weight is 255 g/mol. The molecule has 0 bridgehead atoms. The largest absolute Gasteiger partial charge is 0.399 e. The lowest BCUT2D eigenvalue weighted by molar-refractivity contribution is 0.796. The van der Waals surface area contributed by atoms with Crippen LogP contribution in [0.2, 0.25) is 0 Å². The summed E-state index contributed by atoms with van der Waals surface area (Å²) < 4.78 is 2.68. The number of anilines is 1. The number of fused-ring (bicyclic) bond motifs is 3. The number of unbranched alkanes of at least 4 members (excludes halogenated alkanes) is 1. The summed E-state index contributed by atoms with van der Waals surface area (Å²) in [5.74, 6) is 0. The van der Waals surface area contributed by atoms with Crippen LogP contribution in [0, 0.1) is 0 Å². The predicted octanol–water partition coefficient (Wildman–Crippen LogP) is 4.98. The number of thiophene rings is 1. The molecule has 1 heterocycles. The van der Waals surface area contributed by atoms with E-state index >= 15 is 0 Å². The number of aryl methyl sites for hydroxylation is 1. The van der Waals surface area contributed by atoms with Crippen LogP contribution in [0.5, 0.6) is 0 Å². The van der Waals surface area contributed by atoms with E-state index in [2.05, 4.69) is 37.3 Å². The summed E-state index contributed by atoms with van der Waals surface area (Å²) >= 11 is 1.85. The zero-order valence-corrected chi connectivity index (χ0v) is 11.4. The van der Waals surface area contributed by atoms with Crippen LogP contribution in [-0.4, -0.2) is 0 Å². The molecule has 2 heteroatoms. The molecule has 0 aliphatic rings. The van der Waals surface area contributed by atoms with E-state index in [1.807, 2.05) is 17.4 Å². The normalized spacial score (nSPS) is 11.4. The molecule has 0 spiro atoms. The first-order valence-corrected chi connectivity index (χ1v) is 7.30. The highest BCUT2D eigenvalue weighted by atomic mass is 32.1. The van der Waals surface area contributed by atoms with E-state index in [1.165, 1.54) is 45.0 Å². The van der Waals surface area contributed by atoms with Crippen molar-refractivity contribution in [2.45, 2.75) is 26.2 Å². The van der Waals surface area contributed by atoms with Crippen molar-refractivity contribution < 1.29 is 0 Å². The Bertz CT molecular complexity index is 697. The SMILES string of the molecule is CCCCc1ccc2sc3ccc(N)cc3c2c1. The van der Waals surface area contributed by atoms with Gasteiger partial charge in [0.15, 0.2) is 0 Å². The van der Waals surface area contributed by atoms with Crippen LogP contribution in [-0.2, 0) is 6.42 Å². The molecule has 2 aromatic carbocycles. The molecule has 0 saturated heterocycles. The molecule has 3 rings (SSSR count). The zero-order valence-electron chi connectivity index (χ0n) is 10.6. The van der Waals surface area contributed by atoms with Crippen LogP contribution in [0.1, 0.15) is 25.3 Å². The van der Waals surface area contributed by atoms with E-state index < -0.39 is 0 Å². The lowest BCUT2D eigenvalue weighted by Gasteiger charge is -2.00. The van der Waals surface area contributed by atoms with Crippen LogP contribution < -0.4 is 5.73 Å². The maximum atomic E-state index is 5.90. The third-order valence-corrected chi connectivity index (χ3v) is 4.53. The van der Waals surface area contributed by atoms with Gasteiger partial charge in [-0.15, -0.1) is 11.3 Å². The van der Waals surface area contributed by atoms with Crippen molar-refractivity contribution in [2.24, 2.45) is 0 Å². The summed E-state index contributed by atoms with van der Waals surface area (Å²) in [5.41, 5.74) is 8.18. The number of rotatable bonds is 3. The molecule has 0 amide bonds. The molecule has 0 aliphatic heterocycles. The Morgan fingerprint density at radius 2 is 1.72 bits per heavy atom. The standard InChI is InChI=1S/C16H17NS/c1-2-3-4-11-5-7-15-13(9-11)14-10-12(17)6-8-16(14)18-15/h5-10H,2-4,17H2,1H3. The molecule has 0 fully saturated rings. The van der Waals surface area contributed by atoms with Gasteiger partial charge in [-0.25, -0.2) is 0 Å².